The van der Waals surface area contributed by atoms with Gasteiger partial charge in [0.1, 0.15) is 5.75 Å². The third-order valence-electron chi connectivity index (χ3n) is 2.66. The van der Waals surface area contributed by atoms with E-state index in [2.05, 4.69) is 21.1 Å². The largest absolute Gasteiger partial charge is 0.494 e. The second-order valence-corrected chi connectivity index (χ2v) is 4.36. The summed E-state index contributed by atoms with van der Waals surface area (Å²) in [6.45, 7) is 2.54. The number of hydrogen-bond acceptors (Lipinski definition) is 5. The first-order valence-electron chi connectivity index (χ1n) is 6.56. The van der Waals surface area contributed by atoms with Gasteiger partial charge in [-0.25, -0.2) is 10.9 Å². The lowest BCUT2D eigenvalue weighted by molar-refractivity contribution is -0.119. The van der Waals surface area contributed by atoms with Gasteiger partial charge in [0, 0.05) is 0 Å². The SMILES string of the molecule is CCOc1ccc(/C=N\NC(=O)CC2=NNC(=O)C2)cc1. The van der Waals surface area contributed by atoms with Crippen molar-refractivity contribution in [2.24, 2.45) is 10.2 Å². The van der Waals surface area contributed by atoms with E-state index in [9.17, 15) is 9.59 Å². The van der Waals surface area contributed by atoms with E-state index >= 15 is 0 Å². The van der Waals surface area contributed by atoms with Gasteiger partial charge in [0.25, 0.3) is 0 Å². The number of ether oxygens (including phenoxy) is 1. The van der Waals surface area contributed by atoms with Gasteiger partial charge < -0.3 is 4.74 Å². The van der Waals surface area contributed by atoms with Crippen LogP contribution < -0.4 is 15.6 Å². The topological polar surface area (TPSA) is 92.2 Å². The number of carbonyl (C=O) groups is 2. The summed E-state index contributed by atoms with van der Waals surface area (Å²) in [5.74, 6) is 0.276. The van der Waals surface area contributed by atoms with Crippen LogP contribution >= 0.6 is 0 Å². The zero-order chi connectivity index (χ0) is 15.1. The molecule has 0 unspecified atom stereocenters. The van der Waals surface area contributed by atoms with Gasteiger partial charge in [-0.1, -0.05) is 0 Å². The Hall–Kier alpha value is -2.70. The molecule has 2 amide bonds. The maximum Gasteiger partial charge on any atom is 0.245 e. The third-order valence-corrected chi connectivity index (χ3v) is 2.66. The summed E-state index contributed by atoms with van der Waals surface area (Å²) < 4.78 is 5.33. The van der Waals surface area contributed by atoms with Gasteiger partial charge >= 0.3 is 0 Å². The molecule has 1 aromatic rings. The number of carbonyl (C=O) groups excluding carboxylic acids is 2. The Morgan fingerprint density at radius 3 is 2.86 bits per heavy atom. The molecule has 110 valence electrons. The van der Waals surface area contributed by atoms with Crippen molar-refractivity contribution in [3.63, 3.8) is 0 Å². The molecule has 0 atom stereocenters. The molecule has 0 aliphatic carbocycles. The average molecular weight is 288 g/mol. The summed E-state index contributed by atoms with van der Waals surface area (Å²) in [6, 6.07) is 7.34. The van der Waals surface area contributed by atoms with Gasteiger partial charge in [0.15, 0.2) is 0 Å². The maximum atomic E-state index is 11.6. The molecule has 0 bridgehead atoms. The van der Waals surface area contributed by atoms with E-state index in [0.717, 1.165) is 11.3 Å². The second kappa shape index (κ2) is 7.18. The Morgan fingerprint density at radius 1 is 1.48 bits per heavy atom. The zero-order valence-corrected chi connectivity index (χ0v) is 11.6. The molecule has 7 heteroatoms. The molecule has 21 heavy (non-hydrogen) atoms. The normalized spacial score (nSPS) is 14.0. The van der Waals surface area contributed by atoms with Gasteiger partial charge in [-0.15, -0.1) is 0 Å². The quantitative estimate of drug-likeness (QED) is 0.599. The number of nitrogens with zero attached hydrogens (tertiary/aromatic N) is 2. The predicted molar refractivity (Wildman–Crippen MR) is 78.2 cm³/mol. The highest BCUT2D eigenvalue weighted by molar-refractivity contribution is 6.11. The van der Waals surface area contributed by atoms with Crippen LogP contribution in [-0.2, 0) is 9.59 Å². The van der Waals surface area contributed by atoms with Crippen LogP contribution in [0.25, 0.3) is 0 Å². The Labute approximate surface area is 122 Å². The monoisotopic (exact) mass is 288 g/mol. The summed E-state index contributed by atoms with van der Waals surface area (Å²) in [7, 11) is 0. The van der Waals surface area contributed by atoms with E-state index < -0.39 is 0 Å². The van der Waals surface area contributed by atoms with Crippen molar-refractivity contribution in [3.05, 3.63) is 29.8 Å². The summed E-state index contributed by atoms with van der Waals surface area (Å²) in [4.78, 5) is 22.5. The van der Waals surface area contributed by atoms with Crippen molar-refractivity contribution in [1.29, 1.82) is 0 Å². The molecule has 1 aliphatic rings. The van der Waals surface area contributed by atoms with Crippen molar-refractivity contribution in [2.75, 3.05) is 6.61 Å². The number of hydrazone groups is 2. The van der Waals surface area contributed by atoms with Gasteiger partial charge in [-0.3, -0.25) is 9.59 Å². The minimum absolute atomic E-state index is 0.0549. The minimum atomic E-state index is -0.313. The first-order chi connectivity index (χ1) is 10.2. The molecule has 0 fully saturated rings. The highest BCUT2D eigenvalue weighted by atomic mass is 16.5. The Kier molecular flexibility index (Phi) is 5.03. The van der Waals surface area contributed by atoms with E-state index in [4.69, 9.17) is 4.74 Å². The van der Waals surface area contributed by atoms with Crippen molar-refractivity contribution >= 4 is 23.7 Å². The lowest BCUT2D eigenvalue weighted by Crippen LogP contribution is -2.20. The molecule has 0 saturated carbocycles. The molecule has 1 aromatic carbocycles. The minimum Gasteiger partial charge on any atom is -0.494 e. The fourth-order valence-electron chi connectivity index (χ4n) is 1.73. The van der Waals surface area contributed by atoms with Crippen LogP contribution in [-0.4, -0.2) is 30.3 Å². The van der Waals surface area contributed by atoms with Gasteiger partial charge in [-0.2, -0.15) is 10.2 Å². The molecule has 0 radical (unpaired) electrons. The van der Waals surface area contributed by atoms with Crippen LogP contribution in [0.5, 0.6) is 5.75 Å². The fraction of sp³-hybridized carbons (Fsp3) is 0.286. The van der Waals surface area contributed by atoms with E-state index in [1.54, 1.807) is 0 Å². The fourth-order valence-corrected chi connectivity index (χ4v) is 1.73. The summed E-state index contributed by atoms with van der Waals surface area (Å²) in [6.07, 6.45) is 1.75. The molecule has 0 saturated heterocycles. The van der Waals surface area contributed by atoms with Crippen LogP contribution in [0.3, 0.4) is 0 Å². The number of nitrogens with one attached hydrogen (secondary N) is 2. The summed E-state index contributed by atoms with van der Waals surface area (Å²) in [5.41, 5.74) is 6.03. The highest BCUT2D eigenvalue weighted by Crippen LogP contribution is 2.10. The second-order valence-electron chi connectivity index (χ2n) is 4.36. The molecular weight excluding hydrogens is 272 g/mol. The van der Waals surface area contributed by atoms with Crippen molar-refractivity contribution in [2.45, 2.75) is 19.8 Å². The average Bonchev–Trinajstić information content (AvgIpc) is 2.86. The Bertz CT molecular complexity index is 578. The van der Waals surface area contributed by atoms with Crippen molar-refractivity contribution in [1.82, 2.24) is 10.9 Å². The lowest BCUT2D eigenvalue weighted by Gasteiger charge is -2.02. The third kappa shape index (κ3) is 4.72. The van der Waals surface area contributed by atoms with E-state index in [1.165, 1.54) is 6.21 Å². The van der Waals surface area contributed by atoms with E-state index in [1.807, 2.05) is 31.2 Å². The number of rotatable bonds is 6. The first kappa shape index (κ1) is 14.7. The molecule has 1 aliphatic heterocycles. The smallest absolute Gasteiger partial charge is 0.245 e. The van der Waals surface area contributed by atoms with Crippen LogP contribution in [0.15, 0.2) is 34.5 Å². The van der Waals surface area contributed by atoms with Crippen molar-refractivity contribution in [3.8, 4) is 5.75 Å². The number of amides is 2. The summed E-state index contributed by atoms with van der Waals surface area (Å²) in [5, 5.41) is 7.59. The molecule has 2 rings (SSSR count). The van der Waals surface area contributed by atoms with Crippen LogP contribution in [0.4, 0.5) is 0 Å². The van der Waals surface area contributed by atoms with E-state index in [0.29, 0.717) is 12.3 Å². The standard InChI is InChI=1S/C14H16N4O3/c1-2-21-12-5-3-10(4-6-12)9-15-17-13(19)7-11-8-14(20)18-16-11/h3-6,9H,2,7-8H2,1H3,(H,17,19)(H,18,20)/b15-9-. The number of hydrogen-bond donors (Lipinski definition) is 2. The van der Waals surface area contributed by atoms with Crippen molar-refractivity contribution < 1.29 is 14.3 Å². The van der Waals surface area contributed by atoms with Gasteiger partial charge in [0.2, 0.25) is 11.8 Å². The molecule has 0 spiro atoms. The van der Waals surface area contributed by atoms with Crippen LogP contribution in [0.1, 0.15) is 25.3 Å². The maximum absolute atomic E-state index is 11.6. The van der Waals surface area contributed by atoms with Crippen LogP contribution in [0, 0.1) is 0 Å². The van der Waals surface area contributed by atoms with Gasteiger partial charge in [0.05, 0.1) is 31.4 Å². The zero-order valence-electron chi connectivity index (χ0n) is 11.6. The van der Waals surface area contributed by atoms with Gasteiger partial charge in [-0.05, 0) is 36.8 Å². The lowest BCUT2D eigenvalue weighted by atomic mass is 10.2. The summed E-state index contributed by atoms with van der Waals surface area (Å²) >= 11 is 0. The molecular formula is C14H16N4O3. The van der Waals surface area contributed by atoms with Crippen LogP contribution in [0.2, 0.25) is 0 Å². The predicted octanol–water partition coefficient (Wildman–Crippen LogP) is 0.801. The molecule has 1 heterocycles. The number of benzene rings is 1. The molecule has 7 nitrogen and oxygen atoms in total. The molecule has 0 aromatic heterocycles. The Morgan fingerprint density at radius 2 is 2.24 bits per heavy atom. The molecule has 2 N–H and O–H groups in total. The van der Waals surface area contributed by atoms with E-state index in [-0.39, 0.29) is 24.7 Å². The highest BCUT2D eigenvalue weighted by Gasteiger charge is 2.16. The first-order valence-corrected chi connectivity index (χ1v) is 6.56. The Balaban J connectivity index is 1.79.